The first-order chi connectivity index (χ1) is 10.6. The lowest BCUT2D eigenvalue weighted by atomic mass is 10.2. The first-order valence-corrected chi connectivity index (χ1v) is 7.88. The predicted octanol–water partition coefficient (Wildman–Crippen LogP) is 2.94. The normalized spacial score (nSPS) is 10.1. The van der Waals surface area contributed by atoms with Gasteiger partial charge in [0.25, 0.3) is 5.91 Å². The second-order valence-electron chi connectivity index (χ2n) is 4.09. The molecule has 2 aromatic rings. The molecule has 114 valence electrons. The number of benzene rings is 1. The zero-order valence-corrected chi connectivity index (χ0v) is 13.5. The topological polar surface area (TPSA) is 71.1 Å². The van der Waals surface area contributed by atoms with Gasteiger partial charge in [0, 0.05) is 16.8 Å². The summed E-state index contributed by atoms with van der Waals surface area (Å²) in [5, 5.41) is 1.57. The minimum Gasteiger partial charge on any atom is -0.272 e. The van der Waals surface area contributed by atoms with Gasteiger partial charge in [0.1, 0.15) is 5.03 Å². The Balaban J connectivity index is 1.79. The molecule has 0 spiro atoms. The Labute approximate surface area is 141 Å². The van der Waals surface area contributed by atoms with Crippen molar-refractivity contribution in [3.8, 4) is 0 Å². The van der Waals surface area contributed by atoms with Gasteiger partial charge in [-0.05, 0) is 36.4 Å². The van der Waals surface area contributed by atoms with Crippen LogP contribution in [0.2, 0.25) is 10.0 Å². The van der Waals surface area contributed by atoms with Crippen molar-refractivity contribution in [1.82, 2.24) is 15.8 Å². The van der Waals surface area contributed by atoms with Crippen LogP contribution in [0.4, 0.5) is 0 Å². The van der Waals surface area contributed by atoms with Crippen LogP contribution in [0.15, 0.2) is 47.6 Å². The molecule has 1 aromatic carbocycles. The minimum atomic E-state index is -0.425. The highest BCUT2D eigenvalue weighted by molar-refractivity contribution is 8.00. The number of amides is 2. The van der Waals surface area contributed by atoms with E-state index in [1.807, 2.05) is 0 Å². The number of hydrazine groups is 1. The lowest BCUT2D eigenvalue weighted by molar-refractivity contribution is -0.119. The van der Waals surface area contributed by atoms with Crippen molar-refractivity contribution in [2.45, 2.75) is 5.03 Å². The molecule has 0 saturated carbocycles. The van der Waals surface area contributed by atoms with Gasteiger partial charge in [-0.25, -0.2) is 4.98 Å². The summed E-state index contributed by atoms with van der Waals surface area (Å²) in [4.78, 5) is 27.5. The van der Waals surface area contributed by atoms with E-state index in [1.54, 1.807) is 42.6 Å². The molecule has 2 rings (SSSR count). The Morgan fingerprint density at radius 2 is 1.82 bits per heavy atom. The minimum absolute atomic E-state index is 0.0810. The van der Waals surface area contributed by atoms with Crippen LogP contribution in [-0.2, 0) is 4.79 Å². The number of carbonyl (C=O) groups is 2. The second-order valence-corrected chi connectivity index (χ2v) is 5.90. The fourth-order valence-electron chi connectivity index (χ4n) is 1.45. The molecule has 5 nitrogen and oxygen atoms in total. The van der Waals surface area contributed by atoms with Gasteiger partial charge in [-0.15, -0.1) is 0 Å². The zero-order chi connectivity index (χ0) is 15.9. The molecule has 0 bridgehead atoms. The maximum atomic E-state index is 11.8. The number of nitrogens with one attached hydrogen (secondary N) is 2. The number of thioether (sulfide) groups is 1. The molecule has 2 N–H and O–H groups in total. The Morgan fingerprint density at radius 3 is 2.50 bits per heavy atom. The highest BCUT2D eigenvalue weighted by Crippen LogP contribution is 2.23. The van der Waals surface area contributed by atoms with E-state index in [1.165, 1.54) is 11.8 Å². The SMILES string of the molecule is O=C(CSc1ncccc1Cl)NNC(=O)c1ccc(Cl)cc1. The first kappa shape index (κ1) is 16.6. The Kier molecular flexibility index (Phi) is 6.06. The average Bonchev–Trinajstić information content (AvgIpc) is 2.52. The van der Waals surface area contributed by atoms with E-state index in [0.29, 0.717) is 20.6 Å². The summed E-state index contributed by atoms with van der Waals surface area (Å²) in [7, 11) is 0. The Hall–Kier alpha value is -1.76. The standard InChI is InChI=1S/C14H11Cl2N3O2S/c15-10-5-3-9(4-6-10)13(21)19-18-12(20)8-22-14-11(16)2-1-7-17-14/h1-7H,8H2,(H,18,20)(H,19,21). The summed E-state index contributed by atoms with van der Waals surface area (Å²) in [6, 6.07) is 9.71. The highest BCUT2D eigenvalue weighted by atomic mass is 35.5. The highest BCUT2D eigenvalue weighted by Gasteiger charge is 2.09. The fraction of sp³-hybridized carbons (Fsp3) is 0.0714. The summed E-state index contributed by atoms with van der Waals surface area (Å²) in [6.07, 6.45) is 1.59. The van der Waals surface area contributed by atoms with Crippen molar-refractivity contribution in [1.29, 1.82) is 0 Å². The van der Waals surface area contributed by atoms with Crippen LogP contribution in [0, 0.1) is 0 Å². The molecule has 0 aliphatic heterocycles. The predicted molar refractivity (Wildman–Crippen MR) is 87.0 cm³/mol. The molecule has 0 aliphatic rings. The maximum Gasteiger partial charge on any atom is 0.269 e. The fourth-order valence-corrected chi connectivity index (χ4v) is 2.54. The lowest BCUT2D eigenvalue weighted by Crippen LogP contribution is -2.42. The molecule has 2 amide bonds. The summed E-state index contributed by atoms with van der Waals surface area (Å²) >= 11 is 12.8. The summed E-state index contributed by atoms with van der Waals surface area (Å²) in [5.74, 6) is -0.711. The zero-order valence-electron chi connectivity index (χ0n) is 11.2. The van der Waals surface area contributed by atoms with Crippen molar-refractivity contribution >= 4 is 46.8 Å². The van der Waals surface area contributed by atoms with Crippen molar-refractivity contribution in [3.05, 3.63) is 58.2 Å². The molecule has 0 saturated heterocycles. The van der Waals surface area contributed by atoms with Gasteiger partial charge in [0.2, 0.25) is 5.91 Å². The molecular formula is C14H11Cl2N3O2S. The molecule has 1 heterocycles. The molecule has 0 fully saturated rings. The maximum absolute atomic E-state index is 11.8. The second kappa shape index (κ2) is 8.03. The van der Waals surface area contributed by atoms with E-state index in [9.17, 15) is 9.59 Å². The average molecular weight is 356 g/mol. The molecule has 0 atom stereocenters. The van der Waals surface area contributed by atoms with Gasteiger partial charge in [-0.2, -0.15) is 0 Å². The molecule has 1 aromatic heterocycles. The molecule has 0 radical (unpaired) electrons. The van der Waals surface area contributed by atoms with E-state index in [2.05, 4.69) is 15.8 Å². The van der Waals surface area contributed by atoms with E-state index < -0.39 is 5.91 Å². The Morgan fingerprint density at radius 1 is 1.09 bits per heavy atom. The van der Waals surface area contributed by atoms with E-state index >= 15 is 0 Å². The smallest absolute Gasteiger partial charge is 0.269 e. The van der Waals surface area contributed by atoms with Crippen molar-refractivity contribution in [2.24, 2.45) is 0 Å². The van der Waals surface area contributed by atoms with E-state index in [-0.39, 0.29) is 11.7 Å². The van der Waals surface area contributed by atoms with E-state index in [0.717, 1.165) is 0 Å². The number of carbonyl (C=O) groups excluding carboxylic acids is 2. The van der Waals surface area contributed by atoms with Crippen LogP contribution in [-0.4, -0.2) is 22.6 Å². The van der Waals surface area contributed by atoms with Crippen molar-refractivity contribution in [3.63, 3.8) is 0 Å². The summed E-state index contributed by atoms with van der Waals surface area (Å²) in [5.41, 5.74) is 5.04. The summed E-state index contributed by atoms with van der Waals surface area (Å²) < 4.78 is 0. The van der Waals surface area contributed by atoms with Crippen LogP contribution in [0.1, 0.15) is 10.4 Å². The molecule has 22 heavy (non-hydrogen) atoms. The number of rotatable bonds is 4. The molecule has 0 unspecified atom stereocenters. The van der Waals surface area contributed by atoms with Crippen LogP contribution < -0.4 is 10.9 Å². The third kappa shape index (κ3) is 4.91. The number of halogens is 2. The summed E-state index contributed by atoms with van der Waals surface area (Å²) in [6.45, 7) is 0. The monoisotopic (exact) mass is 355 g/mol. The molecule has 0 aliphatic carbocycles. The van der Waals surface area contributed by atoms with Gasteiger partial charge in [0.15, 0.2) is 0 Å². The van der Waals surface area contributed by atoms with Crippen LogP contribution in [0.3, 0.4) is 0 Å². The van der Waals surface area contributed by atoms with Crippen LogP contribution >= 0.6 is 35.0 Å². The lowest BCUT2D eigenvalue weighted by Gasteiger charge is -2.07. The number of nitrogens with zero attached hydrogens (tertiary/aromatic N) is 1. The first-order valence-electron chi connectivity index (χ1n) is 6.14. The number of pyridine rings is 1. The number of aromatic nitrogens is 1. The van der Waals surface area contributed by atoms with E-state index in [4.69, 9.17) is 23.2 Å². The van der Waals surface area contributed by atoms with Gasteiger partial charge in [0.05, 0.1) is 10.8 Å². The van der Waals surface area contributed by atoms with Gasteiger partial charge < -0.3 is 0 Å². The van der Waals surface area contributed by atoms with Crippen molar-refractivity contribution < 1.29 is 9.59 Å². The molecule has 8 heteroatoms. The molecular weight excluding hydrogens is 345 g/mol. The Bertz CT molecular complexity index is 680. The van der Waals surface area contributed by atoms with Crippen molar-refractivity contribution in [2.75, 3.05) is 5.75 Å². The van der Waals surface area contributed by atoms with Gasteiger partial charge in [-0.3, -0.25) is 20.4 Å². The van der Waals surface area contributed by atoms with Crippen LogP contribution in [0.25, 0.3) is 0 Å². The quantitative estimate of drug-likeness (QED) is 0.653. The van der Waals surface area contributed by atoms with Crippen LogP contribution in [0.5, 0.6) is 0 Å². The largest absolute Gasteiger partial charge is 0.272 e. The number of hydrogen-bond acceptors (Lipinski definition) is 4. The van der Waals surface area contributed by atoms with Gasteiger partial charge in [-0.1, -0.05) is 35.0 Å². The third-order valence-corrected chi connectivity index (χ3v) is 4.16. The third-order valence-electron chi connectivity index (χ3n) is 2.49. The number of hydrogen-bond donors (Lipinski definition) is 2. The van der Waals surface area contributed by atoms with Gasteiger partial charge >= 0.3 is 0 Å².